The Labute approximate surface area is 171 Å². The van der Waals surface area contributed by atoms with E-state index < -0.39 is 11.9 Å². The van der Waals surface area contributed by atoms with Crippen molar-refractivity contribution in [2.45, 2.75) is 38.4 Å². The second-order valence-electron chi connectivity index (χ2n) is 7.43. The van der Waals surface area contributed by atoms with Gasteiger partial charge >= 0.3 is 6.18 Å². The Kier molecular flexibility index (Phi) is 5.24. The maximum absolute atomic E-state index is 13.0. The lowest BCUT2D eigenvalue weighted by Crippen LogP contribution is -2.36. The molecular formula is C22H21F3N4O. The second-order valence-corrected chi connectivity index (χ2v) is 7.43. The molecule has 1 aliphatic rings. The zero-order valence-electron chi connectivity index (χ0n) is 16.3. The van der Waals surface area contributed by atoms with Crippen LogP contribution in [0.5, 0.6) is 0 Å². The molecule has 2 aromatic heterocycles. The van der Waals surface area contributed by atoms with E-state index in [0.717, 1.165) is 23.9 Å². The average molecular weight is 414 g/mol. The van der Waals surface area contributed by atoms with Gasteiger partial charge in [0.25, 0.3) is 5.91 Å². The zero-order valence-corrected chi connectivity index (χ0v) is 16.3. The van der Waals surface area contributed by atoms with Gasteiger partial charge in [-0.2, -0.15) is 13.2 Å². The lowest BCUT2D eigenvalue weighted by Gasteiger charge is -2.24. The Morgan fingerprint density at radius 3 is 2.70 bits per heavy atom. The summed E-state index contributed by atoms with van der Waals surface area (Å²) >= 11 is 0. The van der Waals surface area contributed by atoms with Gasteiger partial charge in [0.1, 0.15) is 11.5 Å². The molecule has 4 rings (SSSR count). The third-order valence-corrected chi connectivity index (χ3v) is 5.10. The number of pyridine rings is 1. The second kappa shape index (κ2) is 7.85. The Morgan fingerprint density at radius 1 is 1.20 bits per heavy atom. The number of alkyl halides is 3. The highest BCUT2D eigenvalue weighted by atomic mass is 19.4. The first-order valence-corrected chi connectivity index (χ1v) is 9.68. The summed E-state index contributed by atoms with van der Waals surface area (Å²) in [6, 6.07) is 12.4. The lowest BCUT2D eigenvalue weighted by molar-refractivity contribution is -0.140. The average Bonchev–Trinajstić information content (AvgIpc) is 3.15. The van der Waals surface area contributed by atoms with Crippen molar-refractivity contribution in [3.63, 3.8) is 0 Å². The van der Waals surface area contributed by atoms with E-state index in [4.69, 9.17) is 0 Å². The number of allylic oxidation sites excluding steroid dienone is 1. The van der Waals surface area contributed by atoms with Gasteiger partial charge in [-0.1, -0.05) is 29.8 Å². The number of nitrogens with zero attached hydrogens (tertiary/aromatic N) is 2. The van der Waals surface area contributed by atoms with Crippen molar-refractivity contribution in [1.29, 1.82) is 0 Å². The van der Waals surface area contributed by atoms with Gasteiger partial charge in [0.05, 0.1) is 0 Å². The fourth-order valence-electron chi connectivity index (χ4n) is 3.55. The molecule has 2 heterocycles. The summed E-state index contributed by atoms with van der Waals surface area (Å²) in [4.78, 5) is 16.1. The summed E-state index contributed by atoms with van der Waals surface area (Å²) in [5.41, 5.74) is 1.88. The molecule has 30 heavy (non-hydrogen) atoms. The Bertz CT molecular complexity index is 1120. The van der Waals surface area contributed by atoms with Crippen LogP contribution < -0.4 is 10.6 Å². The molecule has 5 nitrogen and oxygen atoms in total. The van der Waals surface area contributed by atoms with Crippen LogP contribution in [0, 0.1) is 6.92 Å². The number of nitrogens with one attached hydrogen (secondary N) is 2. The summed E-state index contributed by atoms with van der Waals surface area (Å²) in [5.74, 6) is 0.417. The number of anilines is 1. The lowest BCUT2D eigenvalue weighted by atomic mass is 9.98. The van der Waals surface area contributed by atoms with Crippen LogP contribution >= 0.6 is 0 Å². The predicted molar refractivity (Wildman–Crippen MR) is 108 cm³/mol. The molecule has 0 saturated heterocycles. The van der Waals surface area contributed by atoms with Crippen molar-refractivity contribution in [2.24, 2.45) is 0 Å². The van der Waals surface area contributed by atoms with Crippen molar-refractivity contribution in [1.82, 2.24) is 14.7 Å². The number of carbonyl (C=O) groups excluding carboxylic acids is 1. The maximum atomic E-state index is 13.0. The maximum Gasteiger partial charge on any atom is 0.434 e. The molecule has 3 aromatic rings. The van der Waals surface area contributed by atoms with E-state index in [1.165, 1.54) is 10.5 Å². The largest absolute Gasteiger partial charge is 0.434 e. The molecule has 1 amide bonds. The van der Waals surface area contributed by atoms with E-state index in [1.54, 1.807) is 18.2 Å². The van der Waals surface area contributed by atoms with Crippen LogP contribution in [0.15, 0.2) is 60.4 Å². The number of carbonyl (C=O) groups is 1. The van der Waals surface area contributed by atoms with Gasteiger partial charge in [-0.25, -0.2) is 4.98 Å². The van der Waals surface area contributed by atoms with Crippen molar-refractivity contribution < 1.29 is 18.0 Å². The summed E-state index contributed by atoms with van der Waals surface area (Å²) in [5, 5.41) is 6.25. The molecule has 0 bridgehead atoms. The normalized spacial score (nSPS) is 16.9. The van der Waals surface area contributed by atoms with E-state index in [-0.39, 0.29) is 17.6 Å². The van der Waals surface area contributed by atoms with Crippen LogP contribution in [0.2, 0.25) is 0 Å². The molecule has 0 saturated carbocycles. The Balaban J connectivity index is 1.43. The molecule has 1 unspecified atom stereocenters. The molecule has 1 aromatic carbocycles. The van der Waals surface area contributed by atoms with Gasteiger partial charge in [-0.15, -0.1) is 0 Å². The summed E-state index contributed by atoms with van der Waals surface area (Å²) in [6.07, 6.45) is 0.542. The molecule has 1 aliphatic carbocycles. The number of benzene rings is 1. The van der Waals surface area contributed by atoms with Crippen LogP contribution in [-0.4, -0.2) is 21.3 Å². The Hall–Kier alpha value is -3.29. The topological polar surface area (TPSA) is 58.4 Å². The van der Waals surface area contributed by atoms with E-state index in [1.807, 2.05) is 31.2 Å². The van der Waals surface area contributed by atoms with Crippen molar-refractivity contribution in [3.8, 4) is 0 Å². The minimum atomic E-state index is -4.49. The molecular weight excluding hydrogens is 393 g/mol. The van der Waals surface area contributed by atoms with Gasteiger partial charge in [-0.3, -0.25) is 9.20 Å². The smallest absolute Gasteiger partial charge is 0.349 e. The van der Waals surface area contributed by atoms with Crippen LogP contribution in [0.3, 0.4) is 0 Å². The molecule has 8 heteroatoms. The van der Waals surface area contributed by atoms with Gasteiger partial charge in [0, 0.05) is 23.5 Å². The van der Waals surface area contributed by atoms with Gasteiger partial charge in [0.15, 0.2) is 5.69 Å². The molecule has 156 valence electrons. The van der Waals surface area contributed by atoms with Crippen molar-refractivity contribution in [2.75, 3.05) is 5.32 Å². The fraction of sp³-hybridized carbons (Fsp3) is 0.273. The highest BCUT2D eigenvalue weighted by Gasteiger charge is 2.34. The number of aromatic nitrogens is 2. The summed E-state index contributed by atoms with van der Waals surface area (Å²) in [7, 11) is 0. The van der Waals surface area contributed by atoms with E-state index >= 15 is 0 Å². The van der Waals surface area contributed by atoms with Gasteiger partial charge < -0.3 is 10.6 Å². The standard InChI is InChI=1S/C22H21F3N4O/c1-14-4-2-5-15(12-14)21(30)27-17-10-8-16(9-11-17)26-19-6-3-7-20-28-18(13-29(19)20)22(23,24)25/h2-8,12-13,17,26H,9-11H2,1H3,(H,27,30). The number of hydrogen-bond donors (Lipinski definition) is 2. The monoisotopic (exact) mass is 414 g/mol. The van der Waals surface area contributed by atoms with Crippen molar-refractivity contribution in [3.05, 3.63) is 77.3 Å². The number of halogens is 3. The number of imidazole rings is 1. The van der Waals surface area contributed by atoms with Crippen LogP contribution in [0.1, 0.15) is 40.9 Å². The molecule has 0 aliphatic heterocycles. The third-order valence-electron chi connectivity index (χ3n) is 5.10. The molecule has 1 atom stereocenters. The van der Waals surface area contributed by atoms with Gasteiger partial charge in [-0.05, 0) is 50.5 Å². The molecule has 0 spiro atoms. The summed E-state index contributed by atoms with van der Waals surface area (Å²) < 4.78 is 40.3. The number of amides is 1. The quantitative estimate of drug-likeness (QED) is 0.636. The number of fused-ring (bicyclic) bond motifs is 1. The molecule has 0 radical (unpaired) electrons. The fourth-order valence-corrected chi connectivity index (χ4v) is 3.55. The van der Waals surface area contributed by atoms with E-state index in [9.17, 15) is 18.0 Å². The number of rotatable bonds is 4. The summed E-state index contributed by atoms with van der Waals surface area (Å²) in [6.45, 7) is 1.94. The SMILES string of the molecule is Cc1cccc(C(=O)NC2CC=C(Nc3cccc4nc(C(F)(F)F)cn34)CC2)c1. The molecule has 2 N–H and O–H groups in total. The molecule has 0 fully saturated rings. The van der Waals surface area contributed by atoms with Crippen LogP contribution in [-0.2, 0) is 6.18 Å². The first kappa shape index (κ1) is 20.0. The van der Waals surface area contributed by atoms with Crippen LogP contribution in [0.4, 0.5) is 19.0 Å². The van der Waals surface area contributed by atoms with Crippen LogP contribution in [0.25, 0.3) is 5.65 Å². The van der Waals surface area contributed by atoms with E-state index in [2.05, 4.69) is 15.6 Å². The highest BCUT2D eigenvalue weighted by Crippen LogP contribution is 2.30. The predicted octanol–water partition coefficient (Wildman–Crippen LogP) is 4.94. The first-order chi connectivity index (χ1) is 14.3. The first-order valence-electron chi connectivity index (χ1n) is 9.68. The minimum Gasteiger partial charge on any atom is -0.349 e. The van der Waals surface area contributed by atoms with Crippen molar-refractivity contribution >= 4 is 17.4 Å². The minimum absolute atomic E-state index is 0.0180. The number of hydrogen-bond acceptors (Lipinski definition) is 3. The number of aryl methyl sites for hydroxylation is 1. The Morgan fingerprint density at radius 2 is 2.00 bits per heavy atom. The highest BCUT2D eigenvalue weighted by molar-refractivity contribution is 5.94. The van der Waals surface area contributed by atoms with Gasteiger partial charge in [0.2, 0.25) is 0 Å². The third kappa shape index (κ3) is 4.32. The van der Waals surface area contributed by atoms with E-state index in [0.29, 0.717) is 24.2 Å². The zero-order chi connectivity index (χ0) is 21.3.